The van der Waals surface area contributed by atoms with Gasteiger partial charge in [-0.2, -0.15) is 0 Å². The van der Waals surface area contributed by atoms with E-state index in [0.29, 0.717) is 20.6 Å². The minimum atomic E-state index is -1.48. The Morgan fingerprint density at radius 3 is 2.45 bits per heavy atom. The number of hydrogen-bond acceptors (Lipinski definition) is 4. The molecule has 1 N–H and O–H groups in total. The molecule has 2 unspecified atom stereocenters. The van der Waals surface area contributed by atoms with Gasteiger partial charge in [0, 0.05) is 12.4 Å². The molecule has 1 amide bonds. The third-order valence-electron chi connectivity index (χ3n) is 5.11. The Hall–Kier alpha value is -2.19. The number of methoxy groups -OCH3 is 1. The van der Waals surface area contributed by atoms with Gasteiger partial charge in [-0.1, -0.05) is 35.3 Å². The first-order valence-corrected chi connectivity index (χ1v) is 11.5. The minimum Gasteiger partial charge on any atom is -0.611 e. The maximum atomic E-state index is 12.9. The molecule has 0 spiro atoms. The molecule has 0 fully saturated rings. The average molecular weight is 481 g/mol. The van der Waals surface area contributed by atoms with Crippen molar-refractivity contribution in [3.63, 3.8) is 0 Å². The van der Waals surface area contributed by atoms with Crippen LogP contribution in [0.4, 0.5) is 0 Å². The van der Waals surface area contributed by atoms with Crippen molar-refractivity contribution in [2.45, 2.75) is 24.8 Å². The van der Waals surface area contributed by atoms with E-state index in [1.165, 1.54) is 7.11 Å². The SMILES string of the molecule is COC(=O)C[S+]([O-])c1ccc(C(C)NC(=O)c2cc3c(Cl)c(Cl)c(C)cc3n2C)cc1. The van der Waals surface area contributed by atoms with E-state index >= 15 is 0 Å². The largest absolute Gasteiger partial charge is 0.611 e. The van der Waals surface area contributed by atoms with Crippen LogP contribution in [-0.4, -0.2) is 33.9 Å². The van der Waals surface area contributed by atoms with Gasteiger partial charge in [-0.25, -0.2) is 4.79 Å². The van der Waals surface area contributed by atoms with Crippen LogP contribution >= 0.6 is 23.2 Å². The summed E-state index contributed by atoms with van der Waals surface area (Å²) >= 11 is 11.1. The van der Waals surface area contributed by atoms with Crippen LogP contribution in [0.1, 0.15) is 34.6 Å². The van der Waals surface area contributed by atoms with Gasteiger partial charge in [-0.15, -0.1) is 0 Å². The van der Waals surface area contributed by atoms with Gasteiger partial charge < -0.3 is 19.2 Å². The summed E-state index contributed by atoms with van der Waals surface area (Å²) in [4.78, 5) is 24.7. The lowest BCUT2D eigenvalue weighted by Gasteiger charge is -2.16. The molecule has 0 radical (unpaired) electrons. The van der Waals surface area contributed by atoms with E-state index < -0.39 is 17.1 Å². The molecule has 0 saturated heterocycles. The Bertz CT molecular complexity index is 1140. The predicted molar refractivity (Wildman–Crippen MR) is 123 cm³/mol. The van der Waals surface area contributed by atoms with Crippen LogP contribution in [0.25, 0.3) is 10.9 Å². The summed E-state index contributed by atoms with van der Waals surface area (Å²) in [7, 11) is 3.06. The molecule has 2 atom stereocenters. The Kier molecular flexibility index (Phi) is 7.21. The van der Waals surface area contributed by atoms with E-state index in [9.17, 15) is 14.1 Å². The quantitative estimate of drug-likeness (QED) is 0.413. The Balaban J connectivity index is 1.77. The van der Waals surface area contributed by atoms with Gasteiger partial charge in [0.1, 0.15) is 5.69 Å². The molecule has 9 heteroatoms. The summed E-state index contributed by atoms with van der Waals surface area (Å²) in [6, 6.07) is 10.2. The molecular weight excluding hydrogens is 459 g/mol. The molecule has 2 aromatic carbocycles. The fourth-order valence-electron chi connectivity index (χ4n) is 3.26. The topological polar surface area (TPSA) is 83.4 Å². The number of fused-ring (bicyclic) bond motifs is 1. The molecule has 0 aliphatic heterocycles. The number of rotatable bonds is 6. The summed E-state index contributed by atoms with van der Waals surface area (Å²) in [5.41, 5.74) is 2.96. The van der Waals surface area contributed by atoms with Crippen LogP contribution in [0.15, 0.2) is 41.3 Å². The second-order valence-electron chi connectivity index (χ2n) is 7.17. The van der Waals surface area contributed by atoms with Gasteiger partial charge in [0.25, 0.3) is 5.91 Å². The zero-order chi connectivity index (χ0) is 22.9. The maximum Gasteiger partial charge on any atom is 0.356 e. The van der Waals surface area contributed by atoms with Crippen LogP contribution in [-0.2, 0) is 27.8 Å². The second kappa shape index (κ2) is 9.53. The summed E-state index contributed by atoms with van der Waals surface area (Å²) in [5.74, 6) is -0.987. The van der Waals surface area contributed by atoms with Crippen molar-refractivity contribution in [1.82, 2.24) is 9.88 Å². The molecule has 31 heavy (non-hydrogen) atoms. The number of benzene rings is 2. The summed E-state index contributed by atoms with van der Waals surface area (Å²) in [6.07, 6.45) is 0. The van der Waals surface area contributed by atoms with Crippen LogP contribution in [0.2, 0.25) is 10.0 Å². The second-order valence-corrected chi connectivity index (χ2v) is 9.38. The lowest BCUT2D eigenvalue weighted by Crippen LogP contribution is -2.28. The van der Waals surface area contributed by atoms with Gasteiger partial charge >= 0.3 is 5.97 Å². The number of halogens is 2. The molecular formula is C22H22Cl2N2O4S. The molecule has 3 aromatic rings. The Morgan fingerprint density at radius 2 is 1.84 bits per heavy atom. The normalized spacial score (nSPS) is 13.1. The number of carbonyl (C=O) groups excluding carboxylic acids is 2. The maximum absolute atomic E-state index is 12.9. The van der Waals surface area contributed by atoms with Crippen molar-refractivity contribution in [1.29, 1.82) is 0 Å². The fourth-order valence-corrected chi connectivity index (χ4v) is 4.65. The van der Waals surface area contributed by atoms with E-state index in [1.807, 2.05) is 19.9 Å². The van der Waals surface area contributed by atoms with Gasteiger partial charge in [0.2, 0.25) is 5.75 Å². The first-order valence-electron chi connectivity index (χ1n) is 9.44. The number of carbonyl (C=O) groups is 2. The molecule has 0 saturated carbocycles. The van der Waals surface area contributed by atoms with Gasteiger partial charge in [-0.05, 0) is 60.4 Å². The van der Waals surface area contributed by atoms with Crippen LogP contribution in [0, 0.1) is 6.92 Å². The third kappa shape index (κ3) is 4.85. The van der Waals surface area contributed by atoms with E-state index in [4.69, 9.17) is 23.2 Å². The van der Waals surface area contributed by atoms with Crippen molar-refractivity contribution in [3.05, 3.63) is 63.3 Å². The first kappa shape index (κ1) is 23.5. The zero-order valence-corrected chi connectivity index (χ0v) is 19.8. The number of hydrogen-bond donors (Lipinski definition) is 1. The van der Waals surface area contributed by atoms with Crippen LogP contribution in [0.3, 0.4) is 0 Å². The molecule has 0 aliphatic carbocycles. The molecule has 0 bridgehead atoms. The standard InChI is InChI=1S/C22H22Cl2N2O4S/c1-12-9-17-16(21(24)20(12)23)10-18(26(17)3)22(28)25-13(2)14-5-7-15(8-6-14)31(29)11-19(27)30-4/h5-10,13H,11H2,1-4H3,(H,25,28). The number of aromatic nitrogens is 1. The number of ether oxygens (including phenoxy) is 1. The summed E-state index contributed by atoms with van der Waals surface area (Å²) < 4.78 is 18.5. The zero-order valence-electron chi connectivity index (χ0n) is 17.5. The fraction of sp³-hybridized carbons (Fsp3) is 0.273. The number of aryl methyl sites for hydroxylation is 2. The molecule has 6 nitrogen and oxygen atoms in total. The van der Waals surface area contributed by atoms with Crippen molar-refractivity contribution < 1.29 is 18.9 Å². The highest BCUT2D eigenvalue weighted by atomic mass is 35.5. The minimum absolute atomic E-state index is 0.199. The highest BCUT2D eigenvalue weighted by Crippen LogP contribution is 2.35. The van der Waals surface area contributed by atoms with Gasteiger partial charge in [0.15, 0.2) is 4.90 Å². The first-order chi connectivity index (χ1) is 14.6. The monoisotopic (exact) mass is 480 g/mol. The summed E-state index contributed by atoms with van der Waals surface area (Å²) in [6.45, 7) is 3.72. The number of nitrogens with zero attached hydrogens (tertiary/aromatic N) is 1. The molecule has 164 valence electrons. The highest BCUT2D eigenvalue weighted by molar-refractivity contribution is 7.92. The predicted octanol–water partition coefficient (Wildman–Crippen LogP) is 4.57. The molecule has 1 heterocycles. The number of nitrogens with one attached hydrogen (secondary N) is 1. The van der Waals surface area contributed by atoms with Crippen molar-refractivity contribution in [2.75, 3.05) is 12.9 Å². The molecule has 3 rings (SSSR count). The third-order valence-corrected chi connectivity index (χ3v) is 7.38. The van der Waals surface area contributed by atoms with Crippen molar-refractivity contribution in [3.8, 4) is 0 Å². The summed E-state index contributed by atoms with van der Waals surface area (Å²) in [5, 5.41) is 4.59. The Labute approximate surface area is 193 Å². The van der Waals surface area contributed by atoms with Gasteiger partial charge in [-0.3, -0.25) is 4.79 Å². The number of amides is 1. The Morgan fingerprint density at radius 1 is 1.19 bits per heavy atom. The molecule has 1 aromatic heterocycles. The lowest BCUT2D eigenvalue weighted by atomic mass is 10.1. The van der Waals surface area contributed by atoms with E-state index in [1.54, 1.807) is 41.9 Å². The van der Waals surface area contributed by atoms with Gasteiger partial charge in [0.05, 0.1) is 28.7 Å². The number of esters is 1. The van der Waals surface area contributed by atoms with Crippen molar-refractivity contribution >= 4 is 57.2 Å². The molecule has 0 aliphatic rings. The van der Waals surface area contributed by atoms with Crippen molar-refractivity contribution in [2.24, 2.45) is 7.05 Å². The van der Waals surface area contributed by atoms with Crippen LogP contribution in [0.5, 0.6) is 0 Å². The highest BCUT2D eigenvalue weighted by Gasteiger charge is 2.21. The van der Waals surface area contributed by atoms with E-state index in [-0.39, 0.29) is 17.7 Å². The van der Waals surface area contributed by atoms with Crippen LogP contribution < -0.4 is 5.32 Å². The average Bonchev–Trinajstić information content (AvgIpc) is 3.08. The van der Waals surface area contributed by atoms with E-state index in [0.717, 1.165) is 22.0 Å². The smallest absolute Gasteiger partial charge is 0.356 e. The van der Waals surface area contributed by atoms with E-state index in [2.05, 4.69) is 10.1 Å². The lowest BCUT2D eigenvalue weighted by molar-refractivity contribution is -0.137.